The van der Waals surface area contributed by atoms with E-state index >= 15 is 0 Å². The van der Waals surface area contributed by atoms with E-state index < -0.39 is 29.7 Å². The first-order valence-corrected chi connectivity index (χ1v) is 16.0. The average Bonchev–Trinajstić information content (AvgIpc) is 3.33. The lowest BCUT2D eigenvalue weighted by Crippen LogP contribution is -2.54. The summed E-state index contributed by atoms with van der Waals surface area (Å²) >= 11 is 0. The molecule has 4 aromatic rings. The summed E-state index contributed by atoms with van der Waals surface area (Å²) in [5.74, 6) is -0.368. The Kier molecular flexibility index (Phi) is 8.04. The molecule has 12 heteroatoms. The number of anilines is 1. The molecule has 7 rings (SSSR count). The maximum Gasteiger partial charge on any atom is 0.262 e. The molecule has 49 heavy (non-hydrogen) atoms. The van der Waals surface area contributed by atoms with E-state index in [0.29, 0.717) is 17.3 Å². The molecule has 3 aromatic carbocycles. The van der Waals surface area contributed by atoms with Crippen molar-refractivity contribution in [1.82, 2.24) is 20.4 Å². The number of benzene rings is 3. The Bertz CT molecular complexity index is 2000. The zero-order chi connectivity index (χ0) is 34.3. The number of carbonyl (C=O) groups excluding carboxylic acids is 4. The maximum absolute atomic E-state index is 13.1. The van der Waals surface area contributed by atoms with Crippen LogP contribution in [0.15, 0.2) is 78.9 Å². The molecule has 3 aliphatic rings. The number of amides is 4. The van der Waals surface area contributed by atoms with Crippen molar-refractivity contribution in [2.24, 2.45) is 0 Å². The number of nitrogens with one attached hydrogen (secondary N) is 2. The highest BCUT2D eigenvalue weighted by Gasteiger charge is 2.44. The molecule has 1 saturated heterocycles. The van der Waals surface area contributed by atoms with Gasteiger partial charge in [0.05, 0.1) is 11.1 Å². The van der Waals surface area contributed by atoms with Crippen LogP contribution in [0.4, 0.5) is 5.69 Å². The lowest BCUT2D eigenvalue weighted by molar-refractivity contribution is -0.136. The summed E-state index contributed by atoms with van der Waals surface area (Å²) in [5.41, 5.74) is 3.39. The van der Waals surface area contributed by atoms with Gasteiger partial charge in [-0.2, -0.15) is 5.26 Å². The second kappa shape index (κ2) is 12.5. The molecule has 2 N–H and O–H groups in total. The summed E-state index contributed by atoms with van der Waals surface area (Å²) in [6.45, 7) is 4.31. The van der Waals surface area contributed by atoms with E-state index in [4.69, 9.17) is 14.7 Å². The summed E-state index contributed by atoms with van der Waals surface area (Å²) in [7, 11) is 0. The second-order valence-corrected chi connectivity index (χ2v) is 12.9. The van der Waals surface area contributed by atoms with Gasteiger partial charge in [-0.15, -0.1) is 10.2 Å². The SMILES string of the molecule is CC(C)(c1ccc(Oc2ccc(C#N)nn2)cc1)c1ccc(O[C@H]2C[C@H](Nc3ccc4c(c3)C(=O)N(C3CCC(=O)NC3=O)C4=O)C2)cc1. The monoisotopic (exact) mass is 656 g/mol. The topological polar surface area (TPSA) is 164 Å². The molecule has 0 bridgehead atoms. The molecule has 2 aliphatic heterocycles. The highest BCUT2D eigenvalue weighted by molar-refractivity contribution is 6.23. The van der Waals surface area contributed by atoms with E-state index in [1.165, 1.54) is 0 Å². The van der Waals surface area contributed by atoms with E-state index in [-0.39, 0.29) is 47.2 Å². The van der Waals surface area contributed by atoms with Crippen LogP contribution in [0.25, 0.3) is 0 Å². The summed E-state index contributed by atoms with van der Waals surface area (Å²) in [6.07, 6.45) is 1.76. The van der Waals surface area contributed by atoms with Crippen LogP contribution >= 0.6 is 0 Å². The summed E-state index contributed by atoms with van der Waals surface area (Å²) in [5, 5.41) is 22.2. The summed E-state index contributed by atoms with van der Waals surface area (Å²) in [4.78, 5) is 50.9. The summed E-state index contributed by atoms with van der Waals surface area (Å²) < 4.78 is 12.0. The molecule has 0 spiro atoms. The van der Waals surface area contributed by atoms with Crippen LogP contribution in [0.2, 0.25) is 0 Å². The first kappa shape index (κ1) is 31.5. The minimum Gasteiger partial charge on any atom is -0.490 e. The van der Waals surface area contributed by atoms with E-state index in [0.717, 1.165) is 34.6 Å². The predicted molar refractivity (Wildman–Crippen MR) is 176 cm³/mol. The van der Waals surface area contributed by atoms with E-state index in [1.54, 1.807) is 30.3 Å². The number of hydrogen-bond donors (Lipinski definition) is 2. The third-order valence-corrected chi connectivity index (χ3v) is 9.34. The van der Waals surface area contributed by atoms with Crippen LogP contribution < -0.4 is 20.1 Å². The lowest BCUT2D eigenvalue weighted by Gasteiger charge is -2.36. The molecule has 3 heterocycles. The molecule has 4 amide bonds. The van der Waals surface area contributed by atoms with Crippen molar-refractivity contribution in [3.63, 3.8) is 0 Å². The zero-order valence-corrected chi connectivity index (χ0v) is 26.8. The van der Waals surface area contributed by atoms with Gasteiger partial charge in [-0.05, 0) is 66.1 Å². The quantitative estimate of drug-likeness (QED) is 0.237. The van der Waals surface area contributed by atoms with Gasteiger partial charge in [-0.1, -0.05) is 38.1 Å². The predicted octanol–water partition coefficient (Wildman–Crippen LogP) is 4.89. The number of nitriles is 1. The van der Waals surface area contributed by atoms with Crippen molar-refractivity contribution < 1.29 is 28.7 Å². The number of imide groups is 2. The molecule has 1 saturated carbocycles. The summed E-state index contributed by atoms with van der Waals surface area (Å²) in [6, 6.07) is 25.2. The fourth-order valence-corrected chi connectivity index (χ4v) is 6.38. The molecular weight excluding hydrogens is 624 g/mol. The lowest BCUT2D eigenvalue weighted by atomic mass is 9.78. The minimum atomic E-state index is -0.990. The fourth-order valence-electron chi connectivity index (χ4n) is 6.38. The Morgan fingerprint density at radius 2 is 1.53 bits per heavy atom. The first-order valence-electron chi connectivity index (χ1n) is 16.0. The Hall–Kier alpha value is -6.09. The van der Waals surface area contributed by atoms with Gasteiger partial charge >= 0.3 is 0 Å². The number of aromatic nitrogens is 2. The van der Waals surface area contributed by atoms with Crippen LogP contribution in [-0.2, 0) is 15.0 Å². The Balaban J connectivity index is 0.915. The van der Waals surface area contributed by atoms with Crippen LogP contribution in [-0.4, -0.2) is 56.9 Å². The van der Waals surface area contributed by atoms with Crippen molar-refractivity contribution >= 4 is 29.3 Å². The van der Waals surface area contributed by atoms with Gasteiger partial charge < -0.3 is 14.8 Å². The van der Waals surface area contributed by atoms with Gasteiger partial charge in [0.25, 0.3) is 11.8 Å². The fraction of sp³-hybridized carbons (Fsp3) is 0.270. The van der Waals surface area contributed by atoms with Gasteiger partial charge in [-0.25, -0.2) is 0 Å². The number of piperidine rings is 1. The highest BCUT2D eigenvalue weighted by atomic mass is 16.5. The molecule has 0 radical (unpaired) electrons. The third kappa shape index (κ3) is 6.18. The van der Waals surface area contributed by atoms with Crippen LogP contribution in [0, 0.1) is 11.3 Å². The molecular formula is C37H32N6O6. The van der Waals surface area contributed by atoms with Gasteiger partial charge in [0, 0.05) is 42.5 Å². The molecule has 12 nitrogen and oxygen atoms in total. The Labute approximate surface area is 282 Å². The number of fused-ring (bicyclic) bond motifs is 1. The normalized spacial score (nSPS) is 20.2. The van der Waals surface area contributed by atoms with E-state index in [2.05, 4.69) is 46.8 Å². The Morgan fingerprint density at radius 1 is 0.857 bits per heavy atom. The van der Waals surface area contributed by atoms with Crippen LogP contribution in [0.5, 0.6) is 17.4 Å². The van der Waals surface area contributed by atoms with Crippen molar-refractivity contribution in [1.29, 1.82) is 5.26 Å². The smallest absolute Gasteiger partial charge is 0.262 e. The minimum absolute atomic E-state index is 0.0327. The number of carbonyl (C=O) groups is 4. The zero-order valence-electron chi connectivity index (χ0n) is 26.8. The number of rotatable bonds is 9. The van der Waals surface area contributed by atoms with E-state index in [1.807, 2.05) is 42.5 Å². The third-order valence-electron chi connectivity index (χ3n) is 9.34. The van der Waals surface area contributed by atoms with Gasteiger partial charge in [0.1, 0.15) is 29.7 Å². The molecule has 2 fully saturated rings. The van der Waals surface area contributed by atoms with Gasteiger partial charge in [-0.3, -0.25) is 29.4 Å². The highest BCUT2D eigenvalue weighted by Crippen LogP contribution is 2.36. The van der Waals surface area contributed by atoms with Crippen LogP contribution in [0.3, 0.4) is 0 Å². The number of hydrogen-bond acceptors (Lipinski definition) is 10. The van der Waals surface area contributed by atoms with Gasteiger partial charge in [0.15, 0.2) is 5.69 Å². The molecule has 1 aromatic heterocycles. The second-order valence-electron chi connectivity index (χ2n) is 12.9. The number of nitrogens with zero attached hydrogens (tertiary/aromatic N) is 4. The van der Waals surface area contributed by atoms with Crippen molar-refractivity contribution in [2.75, 3.05) is 5.32 Å². The largest absolute Gasteiger partial charge is 0.490 e. The molecule has 246 valence electrons. The Morgan fingerprint density at radius 3 is 2.16 bits per heavy atom. The molecule has 1 unspecified atom stereocenters. The van der Waals surface area contributed by atoms with Crippen molar-refractivity contribution in [3.8, 4) is 23.4 Å². The maximum atomic E-state index is 13.1. The van der Waals surface area contributed by atoms with Gasteiger partial charge in [0.2, 0.25) is 17.7 Å². The van der Waals surface area contributed by atoms with Crippen molar-refractivity contribution in [2.45, 2.75) is 63.1 Å². The number of ether oxygens (including phenoxy) is 2. The first-order chi connectivity index (χ1) is 23.6. The standard InChI is InChI=1S/C37H32N6O6/c1-37(2,22-5-11-27(12-6-22)49-33-16-8-24(20-38)41-42-33)21-3-9-26(10-4-21)48-28-17-25(18-28)39-23-7-13-29-30(19-23)36(47)43(35(29)46)31-14-15-32(44)40-34(31)45/h3-13,16,19,25,28,31,39H,14-15,17-18H2,1-2H3,(H,40,44,45)/t25-,28-,31?. The van der Waals surface area contributed by atoms with Crippen molar-refractivity contribution in [3.05, 3.63) is 107 Å². The average molecular weight is 657 g/mol. The molecule has 1 atom stereocenters. The van der Waals surface area contributed by atoms with E-state index in [9.17, 15) is 19.2 Å². The van der Waals surface area contributed by atoms with Crippen LogP contribution in [0.1, 0.15) is 77.1 Å². The molecule has 1 aliphatic carbocycles.